The van der Waals surface area contributed by atoms with E-state index in [0.717, 1.165) is 28.2 Å². The van der Waals surface area contributed by atoms with Crippen molar-refractivity contribution in [3.05, 3.63) is 174 Å². The van der Waals surface area contributed by atoms with Crippen LogP contribution in [0.3, 0.4) is 0 Å². The van der Waals surface area contributed by atoms with Gasteiger partial charge in [0, 0.05) is 44.1 Å². The Kier molecular flexibility index (Phi) is 5.83. The van der Waals surface area contributed by atoms with Crippen LogP contribution in [0.1, 0.15) is 49.9 Å². The smallest absolute Gasteiger partial charge is 0.143 e. The molecule has 1 aromatic heterocycles. The first-order chi connectivity index (χ1) is 25.3. The summed E-state index contributed by atoms with van der Waals surface area (Å²) in [6.45, 7) is 9.52. The maximum Gasteiger partial charge on any atom is 0.143 e. The summed E-state index contributed by atoms with van der Waals surface area (Å²) >= 11 is 0. The molecule has 2 nitrogen and oxygen atoms in total. The highest BCUT2D eigenvalue weighted by Crippen LogP contribution is 2.58. The maximum absolute atomic E-state index is 6.66. The molecule has 8 aromatic carbocycles. The van der Waals surface area contributed by atoms with Crippen LogP contribution in [0.5, 0.6) is 0 Å². The second-order valence-electron chi connectivity index (χ2n) is 15.7. The quantitative estimate of drug-likeness (QED) is 0.186. The van der Waals surface area contributed by atoms with Gasteiger partial charge in [-0.25, -0.2) is 0 Å². The van der Waals surface area contributed by atoms with Crippen molar-refractivity contribution in [2.24, 2.45) is 0 Å². The number of furan rings is 1. The lowest BCUT2D eigenvalue weighted by Crippen LogP contribution is -2.18. The van der Waals surface area contributed by atoms with E-state index in [2.05, 4.69) is 184 Å². The first-order valence-corrected chi connectivity index (χ1v) is 18.4. The number of benzene rings is 8. The van der Waals surface area contributed by atoms with Crippen molar-refractivity contribution in [3.63, 3.8) is 0 Å². The van der Waals surface area contributed by atoms with E-state index < -0.39 is 0 Å². The minimum Gasteiger partial charge on any atom is -0.455 e. The number of para-hydroxylation sites is 1. The van der Waals surface area contributed by atoms with Crippen LogP contribution < -0.4 is 4.90 Å². The Balaban J connectivity index is 1.16. The monoisotopic (exact) mass is 667 g/mol. The molecule has 0 unspecified atom stereocenters. The summed E-state index contributed by atoms with van der Waals surface area (Å²) in [6, 6.07) is 56.0. The molecule has 0 fully saturated rings. The molecule has 0 aliphatic heterocycles. The molecule has 52 heavy (non-hydrogen) atoms. The van der Waals surface area contributed by atoms with E-state index in [4.69, 9.17) is 4.42 Å². The number of hydrogen-bond donors (Lipinski definition) is 0. The van der Waals surface area contributed by atoms with E-state index in [9.17, 15) is 0 Å². The van der Waals surface area contributed by atoms with Gasteiger partial charge >= 0.3 is 0 Å². The number of rotatable bonds is 3. The van der Waals surface area contributed by atoms with Gasteiger partial charge in [-0.05, 0) is 103 Å². The van der Waals surface area contributed by atoms with Crippen molar-refractivity contribution in [2.45, 2.75) is 38.5 Å². The SMILES string of the molecule is CC1(C)c2ccccc2-c2ccc(N(c3ccc4c(c3)C(C)(C)c3c-4c4ccccc4c4oc5ccccc5c34)c3ccc4ccccc4c3)cc21. The van der Waals surface area contributed by atoms with E-state index in [1.54, 1.807) is 0 Å². The van der Waals surface area contributed by atoms with Gasteiger partial charge in [0.1, 0.15) is 11.2 Å². The van der Waals surface area contributed by atoms with Crippen LogP contribution in [-0.4, -0.2) is 0 Å². The molecule has 0 bridgehead atoms. The van der Waals surface area contributed by atoms with Crippen LogP contribution in [-0.2, 0) is 10.8 Å². The Labute approximate surface area is 303 Å². The Bertz CT molecular complexity index is 2980. The molecule has 248 valence electrons. The fourth-order valence-electron chi connectivity index (χ4n) is 9.68. The summed E-state index contributed by atoms with van der Waals surface area (Å²) in [4.78, 5) is 2.46. The molecular formula is C50H37NO. The van der Waals surface area contributed by atoms with E-state index in [1.165, 1.54) is 76.8 Å². The highest BCUT2D eigenvalue weighted by Gasteiger charge is 2.41. The molecular weight excluding hydrogens is 631 g/mol. The van der Waals surface area contributed by atoms with E-state index in [-0.39, 0.29) is 10.8 Å². The Morgan fingerprint density at radius 3 is 1.83 bits per heavy atom. The first kappa shape index (κ1) is 29.6. The van der Waals surface area contributed by atoms with Crippen LogP contribution in [0, 0.1) is 0 Å². The van der Waals surface area contributed by atoms with Crippen molar-refractivity contribution >= 4 is 60.5 Å². The number of anilines is 3. The summed E-state index contributed by atoms with van der Waals surface area (Å²) in [5.74, 6) is 0. The molecule has 0 radical (unpaired) electrons. The van der Waals surface area contributed by atoms with Gasteiger partial charge in [0.25, 0.3) is 0 Å². The summed E-state index contributed by atoms with van der Waals surface area (Å²) in [5.41, 5.74) is 15.8. The van der Waals surface area contributed by atoms with E-state index >= 15 is 0 Å². The lowest BCUT2D eigenvalue weighted by atomic mass is 9.79. The van der Waals surface area contributed by atoms with Crippen LogP contribution in [0.2, 0.25) is 0 Å². The zero-order valence-corrected chi connectivity index (χ0v) is 29.8. The predicted octanol–water partition coefficient (Wildman–Crippen LogP) is 14.0. The van der Waals surface area contributed by atoms with E-state index in [0.29, 0.717) is 0 Å². The summed E-state index contributed by atoms with van der Waals surface area (Å²) < 4.78 is 6.66. The predicted molar refractivity (Wildman–Crippen MR) is 219 cm³/mol. The van der Waals surface area contributed by atoms with Crippen LogP contribution >= 0.6 is 0 Å². The lowest BCUT2D eigenvalue weighted by Gasteiger charge is -2.30. The molecule has 0 N–H and O–H groups in total. The minimum absolute atomic E-state index is 0.0989. The van der Waals surface area contributed by atoms with Crippen molar-refractivity contribution in [1.82, 2.24) is 0 Å². The second-order valence-corrected chi connectivity index (χ2v) is 15.7. The van der Waals surface area contributed by atoms with Gasteiger partial charge in [-0.3, -0.25) is 0 Å². The minimum atomic E-state index is -0.272. The molecule has 0 atom stereocenters. The molecule has 0 spiro atoms. The van der Waals surface area contributed by atoms with Crippen LogP contribution in [0.25, 0.3) is 65.7 Å². The third-order valence-corrected chi connectivity index (χ3v) is 12.2. The third-order valence-electron chi connectivity index (χ3n) is 12.2. The molecule has 1 heterocycles. The van der Waals surface area contributed by atoms with Gasteiger partial charge in [0.05, 0.1) is 0 Å². The van der Waals surface area contributed by atoms with Crippen LogP contribution in [0.4, 0.5) is 17.1 Å². The zero-order chi connectivity index (χ0) is 34.9. The van der Waals surface area contributed by atoms with Gasteiger partial charge in [-0.2, -0.15) is 0 Å². The standard InChI is InChI=1S/C50H37NO/c1-49(2)41-19-11-9-15-35(41)36-25-23-33(28-42(36)49)51(32-22-21-30-13-5-6-14-31(30)27-32)34-24-26-39-43(29-34)50(3,4)47-45(39)37-16-7-8-17-38(37)48-46(47)40-18-10-12-20-44(40)52-48/h5-29H,1-4H3. The van der Waals surface area contributed by atoms with Crippen molar-refractivity contribution in [1.29, 1.82) is 0 Å². The van der Waals surface area contributed by atoms with Crippen molar-refractivity contribution in [2.75, 3.05) is 4.90 Å². The Morgan fingerprint density at radius 2 is 1.02 bits per heavy atom. The molecule has 2 heteroatoms. The summed E-state index contributed by atoms with van der Waals surface area (Å²) in [5, 5.41) is 7.30. The molecule has 11 rings (SSSR count). The molecule has 0 saturated heterocycles. The highest BCUT2D eigenvalue weighted by atomic mass is 16.3. The Morgan fingerprint density at radius 1 is 0.442 bits per heavy atom. The number of hydrogen-bond acceptors (Lipinski definition) is 2. The van der Waals surface area contributed by atoms with Gasteiger partial charge in [-0.1, -0.05) is 137 Å². The average molecular weight is 668 g/mol. The lowest BCUT2D eigenvalue weighted by molar-refractivity contribution is 0.659. The van der Waals surface area contributed by atoms with Crippen LogP contribution in [0.15, 0.2) is 156 Å². The molecule has 9 aromatic rings. The molecule has 2 aliphatic carbocycles. The average Bonchev–Trinajstić information content (AvgIpc) is 3.75. The van der Waals surface area contributed by atoms with Gasteiger partial charge in [0.2, 0.25) is 0 Å². The Hall–Kier alpha value is -6.12. The largest absolute Gasteiger partial charge is 0.455 e. The summed E-state index contributed by atoms with van der Waals surface area (Å²) in [7, 11) is 0. The van der Waals surface area contributed by atoms with Crippen molar-refractivity contribution < 1.29 is 4.42 Å². The van der Waals surface area contributed by atoms with Crippen molar-refractivity contribution in [3.8, 4) is 22.3 Å². The first-order valence-electron chi connectivity index (χ1n) is 18.4. The third kappa shape index (κ3) is 3.84. The topological polar surface area (TPSA) is 16.4 Å². The second kappa shape index (κ2) is 10.2. The molecule has 0 amide bonds. The number of fused-ring (bicyclic) bond motifs is 14. The summed E-state index contributed by atoms with van der Waals surface area (Å²) in [6.07, 6.45) is 0. The van der Waals surface area contributed by atoms with Gasteiger partial charge in [-0.15, -0.1) is 0 Å². The highest BCUT2D eigenvalue weighted by molar-refractivity contribution is 6.23. The number of nitrogens with zero attached hydrogens (tertiary/aromatic N) is 1. The van der Waals surface area contributed by atoms with E-state index in [1.807, 2.05) is 0 Å². The normalized spacial score (nSPS) is 14.8. The van der Waals surface area contributed by atoms with Gasteiger partial charge in [0.15, 0.2) is 0 Å². The molecule has 2 aliphatic rings. The zero-order valence-electron chi connectivity index (χ0n) is 29.8. The molecule has 0 saturated carbocycles. The van der Waals surface area contributed by atoms with Gasteiger partial charge < -0.3 is 9.32 Å². The fraction of sp³-hybridized carbons (Fsp3) is 0.120. The fourth-order valence-corrected chi connectivity index (χ4v) is 9.68. The maximum atomic E-state index is 6.66.